The average Bonchev–Trinajstić information content (AvgIpc) is 3.51. The molecular formula is C26H30N6O4. The Morgan fingerprint density at radius 2 is 2.28 bits per heavy atom. The molecule has 5 rings (SSSR count). The van der Waals surface area contributed by atoms with Crippen LogP contribution in [0.3, 0.4) is 0 Å². The van der Waals surface area contributed by atoms with Crippen molar-refractivity contribution in [2.24, 2.45) is 0 Å². The van der Waals surface area contributed by atoms with E-state index >= 15 is 0 Å². The number of carbonyl (C=O) groups is 1. The van der Waals surface area contributed by atoms with Crippen LogP contribution in [0.1, 0.15) is 41.6 Å². The third-order valence-corrected chi connectivity index (χ3v) is 7.25. The van der Waals surface area contributed by atoms with Crippen LogP contribution in [0.25, 0.3) is 10.9 Å². The molecule has 2 aliphatic heterocycles. The first-order valence-electron chi connectivity index (χ1n) is 12.2. The topological polar surface area (TPSA) is 125 Å². The van der Waals surface area contributed by atoms with E-state index in [1.807, 2.05) is 24.0 Å². The fraction of sp³-hybridized carbons (Fsp3) is 0.462. The van der Waals surface area contributed by atoms with Crippen LogP contribution in [0.2, 0.25) is 0 Å². The quantitative estimate of drug-likeness (QED) is 0.544. The molecule has 0 saturated carbocycles. The predicted molar refractivity (Wildman–Crippen MR) is 134 cm³/mol. The van der Waals surface area contributed by atoms with Gasteiger partial charge in [-0.15, -0.1) is 0 Å². The number of carbonyl (C=O) groups excluding carboxylic acids is 1. The largest absolute Gasteiger partial charge is 0.380 e. The maximum absolute atomic E-state index is 13.0. The third kappa shape index (κ3) is 4.25. The van der Waals surface area contributed by atoms with Gasteiger partial charge in [-0.2, -0.15) is 10.4 Å². The number of rotatable bonds is 6. The van der Waals surface area contributed by atoms with Gasteiger partial charge in [-0.3, -0.25) is 14.3 Å². The Bertz CT molecular complexity index is 1380. The van der Waals surface area contributed by atoms with Crippen molar-refractivity contribution in [1.82, 2.24) is 19.7 Å². The van der Waals surface area contributed by atoms with E-state index in [4.69, 9.17) is 14.6 Å². The van der Waals surface area contributed by atoms with Gasteiger partial charge in [0.25, 0.3) is 11.5 Å². The lowest BCUT2D eigenvalue weighted by atomic mass is 9.89. The molecule has 2 aliphatic rings. The number of amides is 1. The number of aromatic amines is 1. The van der Waals surface area contributed by atoms with Crippen LogP contribution in [-0.2, 0) is 15.0 Å². The monoisotopic (exact) mass is 490 g/mol. The number of H-pyrrole nitrogens is 1. The van der Waals surface area contributed by atoms with Gasteiger partial charge < -0.3 is 24.7 Å². The number of nitriles is 1. The van der Waals surface area contributed by atoms with Crippen molar-refractivity contribution >= 4 is 28.3 Å². The Morgan fingerprint density at radius 3 is 2.97 bits per heavy atom. The Balaban J connectivity index is 1.48. The molecule has 0 radical (unpaired) electrons. The summed E-state index contributed by atoms with van der Waals surface area (Å²) >= 11 is 0. The average molecular weight is 491 g/mol. The van der Waals surface area contributed by atoms with E-state index in [0.29, 0.717) is 54.3 Å². The highest BCUT2D eigenvalue weighted by Gasteiger charge is 2.38. The number of methoxy groups -OCH3 is 1. The van der Waals surface area contributed by atoms with Crippen LogP contribution in [-0.4, -0.2) is 65.1 Å². The molecule has 4 heterocycles. The van der Waals surface area contributed by atoms with Gasteiger partial charge in [0, 0.05) is 44.3 Å². The first-order valence-corrected chi connectivity index (χ1v) is 12.2. The summed E-state index contributed by atoms with van der Waals surface area (Å²) in [6.45, 7) is 4.17. The predicted octanol–water partition coefficient (Wildman–Crippen LogP) is 3.06. The normalized spacial score (nSPS) is 22.0. The van der Waals surface area contributed by atoms with E-state index in [-0.39, 0.29) is 24.0 Å². The molecule has 2 saturated heterocycles. The molecule has 0 bridgehead atoms. The summed E-state index contributed by atoms with van der Waals surface area (Å²) < 4.78 is 12.9. The Kier molecular flexibility index (Phi) is 6.51. The molecule has 2 fully saturated rings. The van der Waals surface area contributed by atoms with E-state index in [1.54, 1.807) is 30.1 Å². The lowest BCUT2D eigenvalue weighted by Crippen LogP contribution is -2.42. The zero-order chi connectivity index (χ0) is 25.3. The van der Waals surface area contributed by atoms with Crippen LogP contribution in [0.4, 0.5) is 11.5 Å². The highest BCUT2D eigenvalue weighted by molar-refractivity contribution is 5.97. The molecule has 1 unspecified atom stereocenters. The number of fused-ring (bicyclic) bond motifs is 1. The van der Waals surface area contributed by atoms with Gasteiger partial charge in [0.05, 0.1) is 36.3 Å². The summed E-state index contributed by atoms with van der Waals surface area (Å²) in [7, 11) is 1.67. The van der Waals surface area contributed by atoms with Crippen molar-refractivity contribution in [3.63, 3.8) is 0 Å². The summed E-state index contributed by atoms with van der Waals surface area (Å²) in [6.07, 6.45) is 4.28. The van der Waals surface area contributed by atoms with Gasteiger partial charge in [-0.25, -0.2) is 0 Å². The minimum atomic E-state index is -0.638. The highest BCUT2D eigenvalue weighted by atomic mass is 16.5. The number of ether oxygens (including phenoxy) is 2. The number of likely N-dealkylation sites (tertiary alicyclic amines) is 1. The van der Waals surface area contributed by atoms with E-state index in [9.17, 15) is 14.9 Å². The molecule has 10 nitrogen and oxygen atoms in total. The molecule has 1 amide bonds. The lowest BCUT2D eigenvalue weighted by molar-refractivity contribution is -0.00174. The van der Waals surface area contributed by atoms with Crippen LogP contribution in [0, 0.1) is 18.3 Å². The standard InChI is InChI=1S/C26H30N6O4/c1-17-14-18(4-5-20(17)25(34)31-12-7-19(15-31)35-2)29-23-22-21(6-11-28-24(22)33)32(30-23)26(9-10-27)8-3-13-36-16-26/h4-6,11,14,19H,3,7-9,12-13,15-16H2,1-2H3,(H,28,33)(H,29,30)/t19?,26-/m0/s1. The molecule has 36 heavy (non-hydrogen) atoms. The van der Waals surface area contributed by atoms with Crippen molar-refractivity contribution in [2.45, 2.75) is 44.2 Å². The highest BCUT2D eigenvalue weighted by Crippen LogP contribution is 2.35. The van der Waals surface area contributed by atoms with E-state index in [2.05, 4.69) is 16.4 Å². The maximum atomic E-state index is 13.0. The molecule has 0 spiro atoms. The van der Waals surface area contributed by atoms with Crippen molar-refractivity contribution in [2.75, 3.05) is 38.7 Å². The lowest BCUT2D eigenvalue weighted by Gasteiger charge is -2.35. The van der Waals surface area contributed by atoms with Gasteiger partial charge in [0.15, 0.2) is 5.82 Å². The maximum Gasteiger partial charge on any atom is 0.261 e. The zero-order valence-corrected chi connectivity index (χ0v) is 20.5. The molecule has 0 aliphatic carbocycles. The SMILES string of the molecule is COC1CCN(C(=O)c2ccc(Nc3nn([C@]4(CC#N)CCCOC4)c4cc[nH]c(=O)c34)cc2C)C1. The second kappa shape index (κ2) is 9.76. The number of nitrogens with one attached hydrogen (secondary N) is 2. The second-order valence-corrected chi connectivity index (χ2v) is 9.60. The van der Waals surface area contributed by atoms with Gasteiger partial charge in [0.2, 0.25) is 0 Å². The Morgan fingerprint density at radius 1 is 1.42 bits per heavy atom. The van der Waals surface area contributed by atoms with Crippen molar-refractivity contribution in [3.8, 4) is 6.07 Å². The van der Waals surface area contributed by atoms with Gasteiger partial charge in [0.1, 0.15) is 5.39 Å². The first kappa shape index (κ1) is 24.0. The summed E-state index contributed by atoms with van der Waals surface area (Å²) in [4.78, 5) is 30.4. The summed E-state index contributed by atoms with van der Waals surface area (Å²) in [5, 5.41) is 18.0. The number of benzene rings is 1. The van der Waals surface area contributed by atoms with E-state index in [1.165, 1.54) is 0 Å². The van der Waals surface area contributed by atoms with Gasteiger partial charge >= 0.3 is 0 Å². The van der Waals surface area contributed by atoms with Crippen LogP contribution < -0.4 is 10.9 Å². The number of anilines is 2. The van der Waals surface area contributed by atoms with Crippen molar-refractivity contribution < 1.29 is 14.3 Å². The van der Waals surface area contributed by atoms with Crippen LogP contribution >= 0.6 is 0 Å². The van der Waals surface area contributed by atoms with Crippen LogP contribution in [0.5, 0.6) is 0 Å². The minimum Gasteiger partial charge on any atom is -0.380 e. The molecular weight excluding hydrogens is 460 g/mol. The first-order chi connectivity index (χ1) is 17.5. The summed E-state index contributed by atoms with van der Waals surface area (Å²) in [5.41, 5.74) is 1.91. The van der Waals surface area contributed by atoms with Crippen molar-refractivity contribution in [3.05, 3.63) is 51.9 Å². The second-order valence-electron chi connectivity index (χ2n) is 9.60. The van der Waals surface area contributed by atoms with E-state index in [0.717, 1.165) is 24.8 Å². The minimum absolute atomic E-state index is 0.0134. The molecule has 2 aromatic heterocycles. The van der Waals surface area contributed by atoms with Crippen LogP contribution in [0.15, 0.2) is 35.3 Å². The summed E-state index contributed by atoms with van der Waals surface area (Å²) in [6, 6.07) is 9.59. The smallest absolute Gasteiger partial charge is 0.261 e. The molecule has 3 aromatic rings. The van der Waals surface area contributed by atoms with Gasteiger partial charge in [-0.1, -0.05) is 0 Å². The van der Waals surface area contributed by atoms with Gasteiger partial charge in [-0.05, 0) is 56.0 Å². The molecule has 188 valence electrons. The number of pyridine rings is 1. The number of hydrogen-bond donors (Lipinski definition) is 2. The number of nitrogens with zero attached hydrogens (tertiary/aromatic N) is 4. The third-order valence-electron chi connectivity index (χ3n) is 7.25. The fourth-order valence-corrected chi connectivity index (χ4v) is 5.29. The Hall–Kier alpha value is -3.68. The number of aromatic nitrogens is 3. The fourth-order valence-electron chi connectivity index (χ4n) is 5.29. The number of aryl methyl sites for hydroxylation is 1. The Labute approximate surface area is 208 Å². The molecule has 1 aromatic carbocycles. The van der Waals surface area contributed by atoms with Crippen molar-refractivity contribution in [1.29, 1.82) is 5.26 Å². The molecule has 2 atom stereocenters. The zero-order valence-electron chi connectivity index (χ0n) is 20.5. The van der Waals surface area contributed by atoms with E-state index < -0.39 is 5.54 Å². The summed E-state index contributed by atoms with van der Waals surface area (Å²) in [5.74, 6) is 0.385. The molecule has 10 heteroatoms. The molecule has 2 N–H and O–H groups in total. The number of hydrogen-bond acceptors (Lipinski definition) is 7.